The molecule has 170 valence electrons. The highest BCUT2D eigenvalue weighted by molar-refractivity contribution is 6.33. The zero-order valence-corrected chi connectivity index (χ0v) is 19.2. The van der Waals surface area contributed by atoms with Crippen LogP contribution in [0.2, 0.25) is 10.0 Å². The first-order valence-corrected chi connectivity index (χ1v) is 11.1. The van der Waals surface area contributed by atoms with E-state index in [1.807, 2.05) is 30.3 Å². The average Bonchev–Trinajstić information content (AvgIpc) is 2.82. The summed E-state index contributed by atoms with van der Waals surface area (Å²) in [4.78, 5) is 37.4. The summed E-state index contributed by atoms with van der Waals surface area (Å²) in [5.74, 6) is -0.878. The number of rotatable bonds is 9. The van der Waals surface area contributed by atoms with Gasteiger partial charge in [-0.3, -0.25) is 14.4 Å². The SMILES string of the molecule is O=C(CC(NC(=O)c1ccccc1Cl)c1ccccc1)NCCNC(=O)c1ccc(Cl)cc1. The Morgan fingerprint density at radius 3 is 2.06 bits per heavy atom. The topological polar surface area (TPSA) is 87.3 Å². The van der Waals surface area contributed by atoms with Crippen LogP contribution in [-0.2, 0) is 4.79 Å². The Labute approximate surface area is 202 Å². The molecule has 1 unspecified atom stereocenters. The van der Waals surface area contributed by atoms with Crippen LogP contribution >= 0.6 is 23.2 Å². The summed E-state index contributed by atoms with van der Waals surface area (Å²) in [6.07, 6.45) is 0.0331. The predicted octanol–water partition coefficient (Wildman–Crippen LogP) is 4.40. The van der Waals surface area contributed by atoms with Gasteiger partial charge in [0.2, 0.25) is 5.91 Å². The van der Waals surface area contributed by atoms with Crippen LogP contribution in [0, 0.1) is 0 Å². The lowest BCUT2D eigenvalue weighted by atomic mass is 10.0. The number of amides is 3. The molecule has 0 heterocycles. The van der Waals surface area contributed by atoms with Gasteiger partial charge in [-0.05, 0) is 42.0 Å². The highest BCUT2D eigenvalue weighted by Gasteiger charge is 2.20. The highest BCUT2D eigenvalue weighted by Crippen LogP contribution is 2.20. The van der Waals surface area contributed by atoms with Crippen molar-refractivity contribution in [2.24, 2.45) is 0 Å². The van der Waals surface area contributed by atoms with Gasteiger partial charge in [0.25, 0.3) is 11.8 Å². The van der Waals surface area contributed by atoms with Gasteiger partial charge in [-0.25, -0.2) is 0 Å². The van der Waals surface area contributed by atoms with Gasteiger partial charge < -0.3 is 16.0 Å². The van der Waals surface area contributed by atoms with E-state index in [0.29, 0.717) is 21.2 Å². The van der Waals surface area contributed by atoms with Gasteiger partial charge in [0.1, 0.15) is 0 Å². The van der Waals surface area contributed by atoms with E-state index in [4.69, 9.17) is 23.2 Å². The van der Waals surface area contributed by atoms with Crippen molar-refractivity contribution in [1.29, 1.82) is 0 Å². The summed E-state index contributed by atoms with van der Waals surface area (Å²) in [5, 5.41) is 9.29. The number of hydrogen-bond donors (Lipinski definition) is 3. The van der Waals surface area contributed by atoms with E-state index in [-0.39, 0.29) is 37.2 Å². The van der Waals surface area contributed by atoms with Gasteiger partial charge in [0.05, 0.1) is 23.0 Å². The van der Waals surface area contributed by atoms with E-state index in [1.54, 1.807) is 48.5 Å². The van der Waals surface area contributed by atoms with Crippen LogP contribution in [0.15, 0.2) is 78.9 Å². The number of nitrogens with one attached hydrogen (secondary N) is 3. The molecule has 8 heteroatoms. The maximum Gasteiger partial charge on any atom is 0.253 e. The van der Waals surface area contributed by atoms with Crippen molar-refractivity contribution >= 4 is 40.9 Å². The second-order valence-electron chi connectivity index (χ2n) is 7.23. The first kappa shape index (κ1) is 24.3. The summed E-state index contributed by atoms with van der Waals surface area (Å²) in [6, 6.07) is 22.0. The van der Waals surface area contributed by atoms with Crippen molar-refractivity contribution in [3.05, 3.63) is 106 Å². The minimum absolute atomic E-state index is 0.0331. The zero-order valence-electron chi connectivity index (χ0n) is 17.7. The highest BCUT2D eigenvalue weighted by atomic mass is 35.5. The van der Waals surface area contributed by atoms with Crippen LogP contribution in [0.1, 0.15) is 38.7 Å². The maximum atomic E-state index is 12.7. The lowest BCUT2D eigenvalue weighted by Crippen LogP contribution is -2.37. The zero-order chi connectivity index (χ0) is 23.6. The Hall–Kier alpha value is -3.35. The van der Waals surface area contributed by atoms with Crippen LogP contribution in [0.4, 0.5) is 0 Å². The molecule has 3 aromatic rings. The summed E-state index contributed by atoms with van der Waals surface area (Å²) in [5.41, 5.74) is 1.62. The fourth-order valence-corrected chi connectivity index (χ4v) is 3.51. The van der Waals surface area contributed by atoms with E-state index in [2.05, 4.69) is 16.0 Å². The molecule has 0 aliphatic rings. The molecule has 0 aliphatic heterocycles. The molecule has 0 radical (unpaired) electrons. The van der Waals surface area contributed by atoms with Crippen LogP contribution < -0.4 is 16.0 Å². The molecule has 0 spiro atoms. The lowest BCUT2D eigenvalue weighted by Gasteiger charge is -2.19. The summed E-state index contributed by atoms with van der Waals surface area (Å²) >= 11 is 12.0. The molecule has 0 aromatic heterocycles. The van der Waals surface area contributed by atoms with Gasteiger partial charge in [-0.1, -0.05) is 65.7 Å². The van der Waals surface area contributed by atoms with Crippen molar-refractivity contribution in [3.63, 3.8) is 0 Å². The van der Waals surface area contributed by atoms with E-state index in [9.17, 15) is 14.4 Å². The molecule has 3 N–H and O–H groups in total. The Morgan fingerprint density at radius 1 is 0.727 bits per heavy atom. The molecule has 6 nitrogen and oxygen atoms in total. The third kappa shape index (κ3) is 7.34. The van der Waals surface area contributed by atoms with Gasteiger partial charge >= 0.3 is 0 Å². The van der Waals surface area contributed by atoms with Crippen LogP contribution in [0.25, 0.3) is 0 Å². The number of halogens is 2. The minimum Gasteiger partial charge on any atom is -0.354 e. The maximum absolute atomic E-state index is 12.7. The molecule has 0 saturated carbocycles. The van der Waals surface area contributed by atoms with E-state index < -0.39 is 6.04 Å². The van der Waals surface area contributed by atoms with E-state index in [0.717, 1.165) is 5.56 Å². The second kappa shape index (κ2) is 12.0. The van der Waals surface area contributed by atoms with E-state index >= 15 is 0 Å². The Kier molecular flexibility index (Phi) is 8.87. The normalized spacial score (nSPS) is 11.3. The molecule has 0 bridgehead atoms. The summed E-state index contributed by atoms with van der Waals surface area (Å²) in [7, 11) is 0. The van der Waals surface area contributed by atoms with Crippen LogP contribution in [-0.4, -0.2) is 30.8 Å². The molecule has 33 heavy (non-hydrogen) atoms. The molecule has 3 amide bonds. The second-order valence-corrected chi connectivity index (χ2v) is 8.08. The summed E-state index contributed by atoms with van der Waals surface area (Å²) in [6.45, 7) is 0.507. The molecule has 3 rings (SSSR count). The van der Waals surface area contributed by atoms with Crippen molar-refractivity contribution in [1.82, 2.24) is 16.0 Å². The van der Waals surface area contributed by atoms with Crippen molar-refractivity contribution in [3.8, 4) is 0 Å². The minimum atomic E-state index is -0.543. The molecule has 0 saturated heterocycles. The Balaban J connectivity index is 1.54. The Bertz CT molecular complexity index is 1110. The molecule has 3 aromatic carbocycles. The lowest BCUT2D eigenvalue weighted by molar-refractivity contribution is -0.121. The quantitative estimate of drug-likeness (QED) is 0.394. The van der Waals surface area contributed by atoms with Gasteiger partial charge in [-0.2, -0.15) is 0 Å². The van der Waals surface area contributed by atoms with Gasteiger partial charge in [0.15, 0.2) is 0 Å². The fourth-order valence-electron chi connectivity index (χ4n) is 3.16. The number of carbonyl (C=O) groups is 3. The van der Waals surface area contributed by atoms with Crippen LogP contribution in [0.3, 0.4) is 0 Å². The molecular weight excluding hydrogens is 461 g/mol. The van der Waals surface area contributed by atoms with Crippen LogP contribution in [0.5, 0.6) is 0 Å². The third-order valence-corrected chi connectivity index (χ3v) is 5.44. The van der Waals surface area contributed by atoms with Gasteiger partial charge in [0, 0.05) is 23.7 Å². The Morgan fingerprint density at radius 2 is 1.36 bits per heavy atom. The molecule has 0 aliphatic carbocycles. The standard InChI is InChI=1S/C25H23Cl2N3O3/c26-19-12-10-18(11-13-19)24(32)29-15-14-28-23(31)16-22(17-6-2-1-3-7-17)30-25(33)20-8-4-5-9-21(20)27/h1-13,22H,14-16H2,(H,28,31)(H,29,32)(H,30,33). The van der Waals surface area contributed by atoms with Crippen molar-refractivity contribution in [2.45, 2.75) is 12.5 Å². The van der Waals surface area contributed by atoms with Gasteiger partial charge in [-0.15, -0.1) is 0 Å². The number of benzene rings is 3. The number of carbonyl (C=O) groups excluding carboxylic acids is 3. The predicted molar refractivity (Wildman–Crippen MR) is 130 cm³/mol. The first-order chi connectivity index (χ1) is 15.9. The molecule has 0 fully saturated rings. The average molecular weight is 484 g/mol. The molecular formula is C25H23Cl2N3O3. The van der Waals surface area contributed by atoms with E-state index in [1.165, 1.54) is 0 Å². The number of hydrogen-bond acceptors (Lipinski definition) is 3. The first-order valence-electron chi connectivity index (χ1n) is 10.3. The molecule has 1 atom stereocenters. The fraction of sp³-hybridized carbons (Fsp3) is 0.160. The third-order valence-electron chi connectivity index (χ3n) is 4.85. The van der Waals surface area contributed by atoms with Crippen molar-refractivity contribution < 1.29 is 14.4 Å². The largest absolute Gasteiger partial charge is 0.354 e. The monoisotopic (exact) mass is 483 g/mol. The smallest absolute Gasteiger partial charge is 0.253 e. The summed E-state index contributed by atoms with van der Waals surface area (Å²) < 4.78 is 0. The van der Waals surface area contributed by atoms with Crippen molar-refractivity contribution in [2.75, 3.05) is 13.1 Å².